The predicted molar refractivity (Wildman–Crippen MR) is 111 cm³/mol. The Morgan fingerprint density at radius 3 is 1.15 bits per heavy atom. The zero-order valence-corrected chi connectivity index (χ0v) is 17.4. The first-order chi connectivity index (χ1) is 12.7. The molecule has 3 heteroatoms. The fourth-order valence-electron chi connectivity index (χ4n) is 3.42. The first kappa shape index (κ1) is 25.1. The number of carboxylic acid groups (broad SMARTS) is 1. The third-order valence-electron chi connectivity index (χ3n) is 5.16. The molecule has 0 saturated heterocycles. The van der Waals surface area contributed by atoms with E-state index in [1.807, 2.05) is 0 Å². The van der Waals surface area contributed by atoms with E-state index in [2.05, 4.69) is 6.92 Å². The van der Waals surface area contributed by atoms with Crippen LogP contribution in [0.1, 0.15) is 135 Å². The highest BCUT2D eigenvalue weighted by Gasteiger charge is 2.02. The van der Waals surface area contributed by atoms with Crippen LogP contribution in [0.25, 0.3) is 0 Å². The monoisotopic (exact) mass is 368 g/mol. The van der Waals surface area contributed by atoms with Gasteiger partial charge in [-0.3, -0.25) is 9.59 Å². The van der Waals surface area contributed by atoms with E-state index in [1.54, 1.807) is 0 Å². The number of unbranched alkanes of at least 4 members (excludes halogenated alkanes) is 15. The predicted octanol–water partition coefficient (Wildman–Crippen LogP) is 7.46. The summed E-state index contributed by atoms with van der Waals surface area (Å²) in [6.07, 6.45) is 22.5. The topological polar surface area (TPSA) is 54.4 Å². The molecule has 3 nitrogen and oxygen atoms in total. The molecule has 0 aromatic heterocycles. The maximum absolute atomic E-state index is 11.9. The van der Waals surface area contributed by atoms with Gasteiger partial charge in [0, 0.05) is 19.3 Å². The highest BCUT2D eigenvalue weighted by molar-refractivity contribution is 5.78. The number of carboxylic acids is 1. The molecule has 1 N–H and O–H groups in total. The SMILES string of the molecule is CCCCCCCCCCC(=O)CCCCCCCCCCCC(=O)O. The van der Waals surface area contributed by atoms with Crippen molar-refractivity contribution < 1.29 is 14.7 Å². The number of hydrogen-bond donors (Lipinski definition) is 1. The molecule has 0 amide bonds. The number of hydrogen-bond acceptors (Lipinski definition) is 2. The number of carbonyl (C=O) groups is 2. The van der Waals surface area contributed by atoms with Crippen molar-refractivity contribution in [3.8, 4) is 0 Å². The average Bonchev–Trinajstić information content (AvgIpc) is 2.61. The van der Waals surface area contributed by atoms with E-state index < -0.39 is 5.97 Å². The summed E-state index contributed by atoms with van der Waals surface area (Å²) < 4.78 is 0. The molecule has 0 radical (unpaired) electrons. The van der Waals surface area contributed by atoms with Crippen molar-refractivity contribution in [1.29, 1.82) is 0 Å². The zero-order valence-electron chi connectivity index (χ0n) is 17.4. The van der Waals surface area contributed by atoms with Crippen LogP contribution < -0.4 is 0 Å². The van der Waals surface area contributed by atoms with E-state index in [0.29, 0.717) is 12.2 Å². The molecule has 0 saturated carbocycles. The van der Waals surface area contributed by atoms with Crippen molar-refractivity contribution in [3.05, 3.63) is 0 Å². The third kappa shape index (κ3) is 21.2. The molecular formula is C23H44O3. The molecule has 0 unspecified atom stereocenters. The zero-order chi connectivity index (χ0) is 19.3. The first-order valence-electron chi connectivity index (χ1n) is 11.4. The van der Waals surface area contributed by atoms with E-state index >= 15 is 0 Å². The number of aliphatic carboxylic acids is 1. The number of rotatable bonds is 21. The summed E-state index contributed by atoms with van der Waals surface area (Å²) in [6.45, 7) is 2.25. The Labute approximate surface area is 162 Å². The molecule has 0 aliphatic heterocycles. The van der Waals surface area contributed by atoms with Crippen LogP contribution in [0.2, 0.25) is 0 Å². The summed E-state index contributed by atoms with van der Waals surface area (Å²) in [5.41, 5.74) is 0. The van der Waals surface area contributed by atoms with Gasteiger partial charge in [-0.1, -0.05) is 96.8 Å². The summed E-state index contributed by atoms with van der Waals surface area (Å²) in [7, 11) is 0. The molecule has 0 fully saturated rings. The minimum Gasteiger partial charge on any atom is -0.481 e. The lowest BCUT2D eigenvalue weighted by atomic mass is 10.0. The summed E-state index contributed by atoms with van der Waals surface area (Å²) in [5, 5.41) is 8.56. The van der Waals surface area contributed by atoms with E-state index in [-0.39, 0.29) is 0 Å². The van der Waals surface area contributed by atoms with Gasteiger partial charge in [-0.25, -0.2) is 0 Å². The van der Waals surface area contributed by atoms with Crippen LogP contribution in [0.15, 0.2) is 0 Å². The first-order valence-corrected chi connectivity index (χ1v) is 11.4. The van der Waals surface area contributed by atoms with E-state index in [4.69, 9.17) is 5.11 Å². The highest BCUT2D eigenvalue weighted by atomic mass is 16.4. The Hall–Kier alpha value is -0.860. The van der Waals surface area contributed by atoms with Gasteiger partial charge in [-0.05, 0) is 19.3 Å². The minimum absolute atomic E-state index is 0.312. The highest BCUT2D eigenvalue weighted by Crippen LogP contribution is 2.13. The molecular weight excluding hydrogens is 324 g/mol. The maximum Gasteiger partial charge on any atom is 0.303 e. The Kier molecular flexibility index (Phi) is 19.8. The second-order valence-electron chi connectivity index (χ2n) is 7.84. The summed E-state index contributed by atoms with van der Waals surface area (Å²) in [4.78, 5) is 22.2. The van der Waals surface area contributed by atoms with Crippen molar-refractivity contribution in [3.63, 3.8) is 0 Å². The molecule has 0 spiro atoms. The second-order valence-corrected chi connectivity index (χ2v) is 7.84. The van der Waals surface area contributed by atoms with E-state index in [9.17, 15) is 9.59 Å². The largest absolute Gasteiger partial charge is 0.481 e. The lowest BCUT2D eigenvalue weighted by Crippen LogP contribution is -1.97. The Morgan fingerprint density at radius 2 is 0.808 bits per heavy atom. The van der Waals surface area contributed by atoms with Crippen LogP contribution in [0.5, 0.6) is 0 Å². The van der Waals surface area contributed by atoms with Gasteiger partial charge in [-0.15, -0.1) is 0 Å². The van der Waals surface area contributed by atoms with Crippen LogP contribution in [-0.4, -0.2) is 16.9 Å². The van der Waals surface area contributed by atoms with Gasteiger partial charge in [0.2, 0.25) is 0 Å². The van der Waals surface area contributed by atoms with Crippen LogP contribution in [-0.2, 0) is 9.59 Å². The van der Waals surface area contributed by atoms with Crippen molar-refractivity contribution in [2.75, 3.05) is 0 Å². The fourth-order valence-corrected chi connectivity index (χ4v) is 3.42. The van der Waals surface area contributed by atoms with E-state index in [0.717, 1.165) is 44.9 Å². The Balaban J connectivity index is 3.16. The van der Waals surface area contributed by atoms with Gasteiger partial charge in [0.15, 0.2) is 0 Å². The van der Waals surface area contributed by atoms with Crippen LogP contribution in [0, 0.1) is 0 Å². The summed E-state index contributed by atoms with van der Waals surface area (Å²) >= 11 is 0. The molecule has 0 aromatic rings. The summed E-state index contributed by atoms with van der Waals surface area (Å²) in [5.74, 6) is -0.212. The van der Waals surface area contributed by atoms with Gasteiger partial charge >= 0.3 is 5.97 Å². The van der Waals surface area contributed by atoms with Crippen molar-refractivity contribution in [1.82, 2.24) is 0 Å². The molecule has 154 valence electrons. The number of Topliss-reactive ketones (excluding diaryl/α,β-unsaturated/α-hetero) is 1. The van der Waals surface area contributed by atoms with Gasteiger partial charge < -0.3 is 5.11 Å². The maximum atomic E-state index is 11.9. The van der Waals surface area contributed by atoms with Gasteiger partial charge in [0.1, 0.15) is 5.78 Å². The molecule has 0 heterocycles. The van der Waals surface area contributed by atoms with Gasteiger partial charge in [0.25, 0.3) is 0 Å². The molecule has 0 aliphatic rings. The standard InChI is InChI=1S/C23H44O3/c1-2-3-4-5-6-10-13-16-19-22(24)20-17-14-11-8-7-9-12-15-18-21-23(25)26/h2-21H2,1H3,(H,25,26). The van der Waals surface area contributed by atoms with Crippen LogP contribution >= 0.6 is 0 Å². The molecule has 0 rings (SSSR count). The second kappa shape index (κ2) is 20.5. The lowest BCUT2D eigenvalue weighted by molar-refractivity contribution is -0.137. The smallest absolute Gasteiger partial charge is 0.303 e. The molecule has 26 heavy (non-hydrogen) atoms. The molecule has 0 aliphatic carbocycles. The number of ketones is 1. The molecule has 0 atom stereocenters. The van der Waals surface area contributed by atoms with Crippen LogP contribution in [0.3, 0.4) is 0 Å². The van der Waals surface area contributed by atoms with Crippen LogP contribution in [0.4, 0.5) is 0 Å². The summed E-state index contributed by atoms with van der Waals surface area (Å²) in [6, 6.07) is 0. The Morgan fingerprint density at radius 1 is 0.500 bits per heavy atom. The average molecular weight is 369 g/mol. The van der Waals surface area contributed by atoms with E-state index in [1.165, 1.54) is 77.0 Å². The number of carbonyl (C=O) groups excluding carboxylic acids is 1. The molecule has 0 aromatic carbocycles. The van der Waals surface area contributed by atoms with Crippen molar-refractivity contribution in [2.45, 2.75) is 135 Å². The van der Waals surface area contributed by atoms with Crippen molar-refractivity contribution in [2.24, 2.45) is 0 Å². The molecule has 0 bridgehead atoms. The third-order valence-corrected chi connectivity index (χ3v) is 5.16. The normalized spacial score (nSPS) is 11.0. The van der Waals surface area contributed by atoms with Gasteiger partial charge in [-0.2, -0.15) is 0 Å². The fraction of sp³-hybridized carbons (Fsp3) is 0.913. The van der Waals surface area contributed by atoms with Crippen molar-refractivity contribution >= 4 is 11.8 Å². The lowest BCUT2D eigenvalue weighted by Gasteiger charge is -2.03. The Bertz CT molecular complexity index is 325. The minimum atomic E-state index is -0.679. The van der Waals surface area contributed by atoms with Gasteiger partial charge in [0.05, 0.1) is 0 Å². The quantitative estimate of drug-likeness (QED) is 0.214.